The number of carbonyl (C=O) groups excluding carboxylic acids is 2. The van der Waals surface area contributed by atoms with E-state index in [4.69, 9.17) is 5.73 Å². The van der Waals surface area contributed by atoms with Crippen molar-refractivity contribution >= 4 is 11.8 Å². The van der Waals surface area contributed by atoms with E-state index in [-0.39, 0.29) is 12.5 Å². The molecule has 0 aromatic heterocycles. The zero-order valence-corrected chi connectivity index (χ0v) is 15.5. The summed E-state index contributed by atoms with van der Waals surface area (Å²) in [5.74, 6) is -2.20. The second-order valence-corrected chi connectivity index (χ2v) is 6.60. The lowest BCUT2D eigenvalue weighted by molar-refractivity contribution is -0.143. The van der Waals surface area contributed by atoms with Gasteiger partial charge in [-0.3, -0.25) is 9.59 Å². The summed E-state index contributed by atoms with van der Waals surface area (Å²) in [6.07, 6.45) is -9.15. The molecule has 0 fully saturated rings. The highest BCUT2D eigenvalue weighted by Gasteiger charge is 2.37. The lowest BCUT2D eigenvalue weighted by atomic mass is 10.0. The lowest BCUT2D eigenvalue weighted by Gasteiger charge is -2.17. The minimum Gasteiger partial charge on any atom is -0.368 e. The van der Waals surface area contributed by atoms with Gasteiger partial charge in [0.05, 0.1) is 11.1 Å². The quantitative estimate of drug-likeness (QED) is 0.640. The molecule has 2 aromatic rings. The van der Waals surface area contributed by atoms with Gasteiger partial charge in [0.15, 0.2) is 0 Å². The first kappa shape index (κ1) is 23.2. The Morgan fingerprint density at radius 2 is 1.43 bits per heavy atom. The summed E-state index contributed by atoms with van der Waals surface area (Å²) in [5, 5.41) is 2.13. The van der Waals surface area contributed by atoms with Gasteiger partial charge >= 0.3 is 12.4 Å². The molecule has 0 aliphatic heterocycles. The van der Waals surface area contributed by atoms with Crippen LogP contribution in [0, 0.1) is 0 Å². The van der Waals surface area contributed by atoms with Crippen LogP contribution in [-0.4, -0.2) is 17.9 Å². The van der Waals surface area contributed by atoms with Crippen LogP contribution in [0.3, 0.4) is 0 Å². The molecule has 0 saturated carbocycles. The molecule has 1 atom stereocenters. The second kappa shape index (κ2) is 9.19. The molecule has 2 rings (SSSR count). The predicted molar refractivity (Wildman–Crippen MR) is 96.3 cm³/mol. The van der Waals surface area contributed by atoms with Crippen LogP contribution in [0.25, 0.3) is 0 Å². The summed E-state index contributed by atoms with van der Waals surface area (Å²) < 4.78 is 77.7. The molecule has 0 radical (unpaired) electrons. The zero-order chi connectivity index (χ0) is 22.5. The minimum atomic E-state index is -5.09. The van der Waals surface area contributed by atoms with Gasteiger partial charge in [0.1, 0.15) is 6.04 Å². The molecule has 0 unspecified atom stereocenters. The number of hydrogen-bond donors (Lipinski definition) is 2. The fourth-order valence-electron chi connectivity index (χ4n) is 2.77. The van der Waals surface area contributed by atoms with E-state index in [1.807, 2.05) is 30.3 Å². The molecule has 2 aromatic carbocycles. The Morgan fingerprint density at radius 1 is 0.900 bits per heavy atom. The molecule has 0 bridgehead atoms. The number of amides is 2. The topological polar surface area (TPSA) is 72.2 Å². The van der Waals surface area contributed by atoms with Gasteiger partial charge < -0.3 is 11.1 Å². The Bertz CT molecular complexity index is 862. The van der Waals surface area contributed by atoms with Gasteiger partial charge in [-0.1, -0.05) is 30.3 Å². The van der Waals surface area contributed by atoms with E-state index in [0.29, 0.717) is 25.0 Å². The third-order valence-electron chi connectivity index (χ3n) is 4.30. The molecule has 0 spiro atoms. The first-order chi connectivity index (χ1) is 13.9. The van der Waals surface area contributed by atoms with E-state index in [1.54, 1.807) is 0 Å². The fourth-order valence-corrected chi connectivity index (χ4v) is 2.77. The maximum absolute atomic E-state index is 12.9. The third-order valence-corrected chi connectivity index (χ3v) is 4.30. The zero-order valence-electron chi connectivity index (χ0n) is 15.5. The molecule has 30 heavy (non-hydrogen) atoms. The average molecular weight is 432 g/mol. The van der Waals surface area contributed by atoms with Crippen LogP contribution in [-0.2, 0) is 23.6 Å². The van der Waals surface area contributed by atoms with Crippen molar-refractivity contribution in [3.05, 3.63) is 70.8 Å². The van der Waals surface area contributed by atoms with E-state index >= 15 is 0 Å². The van der Waals surface area contributed by atoms with Crippen molar-refractivity contribution in [2.75, 3.05) is 0 Å². The highest BCUT2D eigenvalue weighted by atomic mass is 19.4. The normalized spacial score (nSPS) is 13.0. The van der Waals surface area contributed by atoms with Crippen molar-refractivity contribution in [3.8, 4) is 0 Å². The maximum atomic E-state index is 12.9. The highest BCUT2D eigenvalue weighted by Crippen LogP contribution is 2.36. The summed E-state index contributed by atoms with van der Waals surface area (Å²) in [6.45, 7) is 0. The molecule has 4 nitrogen and oxygen atoms in total. The number of benzene rings is 2. The van der Waals surface area contributed by atoms with Gasteiger partial charge in [0.25, 0.3) is 5.91 Å². The highest BCUT2D eigenvalue weighted by molar-refractivity contribution is 5.97. The Balaban J connectivity index is 2.17. The first-order valence-electron chi connectivity index (χ1n) is 8.81. The lowest BCUT2D eigenvalue weighted by Crippen LogP contribution is -2.44. The molecule has 0 saturated heterocycles. The number of hydrogen-bond acceptors (Lipinski definition) is 2. The summed E-state index contributed by atoms with van der Waals surface area (Å²) in [7, 11) is 0. The third kappa shape index (κ3) is 6.50. The number of rotatable bonds is 7. The van der Waals surface area contributed by atoms with Crippen molar-refractivity contribution in [3.63, 3.8) is 0 Å². The van der Waals surface area contributed by atoms with Gasteiger partial charge in [-0.2, -0.15) is 26.3 Å². The van der Waals surface area contributed by atoms with Crippen LogP contribution >= 0.6 is 0 Å². The van der Waals surface area contributed by atoms with E-state index in [9.17, 15) is 35.9 Å². The van der Waals surface area contributed by atoms with Gasteiger partial charge in [-0.05, 0) is 43.0 Å². The van der Waals surface area contributed by atoms with Crippen molar-refractivity contribution < 1.29 is 35.9 Å². The van der Waals surface area contributed by atoms with Crippen LogP contribution in [0.2, 0.25) is 0 Å². The van der Waals surface area contributed by atoms with Gasteiger partial charge in [-0.15, -0.1) is 0 Å². The average Bonchev–Trinajstić information content (AvgIpc) is 2.66. The Labute approximate surface area is 168 Å². The molecule has 0 aliphatic carbocycles. The summed E-state index contributed by atoms with van der Waals surface area (Å²) in [5.41, 5.74) is 2.07. The maximum Gasteiger partial charge on any atom is 0.416 e. The number of carbonyl (C=O) groups is 2. The molecule has 2 amide bonds. The van der Waals surface area contributed by atoms with Gasteiger partial charge in [-0.25, -0.2) is 0 Å². The first-order valence-corrected chi connectivity index (χ1v) is 8.81. The molecule has 0 aliphatic rings. The standard InChI is InChI=1S/C20H18F6N2O2/c21-19(22,23)14-9-13(10-15(11-14)20(24,25)26)18(30)28-16(17(27)29)8-4-7-12-5-2-1-3-6-12/h1-3,5-6,9-11,16H,4,7-8H2,(H2,27,29)(H,28,30)/t16-/m1/s1. The summed E-state index contributed by atoms with van der Waals surface area (Å²) >= 11 is 0. The van der Waals surface area contributed by atoms with E-state index in [2.05, 4.69) is 5.32 Å². The smallest absolute Gasteiger partial charge is 0.368 e. The van der Waals surface area contributed by atoms with Gasteiger partial charge in [0.2, 0.25) is 5.91 Å². The molecule has 0 heterocycles. The van der Waals surface area contributed by atoms with Crippen LogP contribution in [0.4, 0.5) is 26.3 Å². The fraction of sp³-hybridized carbons (Fsp3) is 0.300. The minimum absolute atomic E-state index is 0.0705. The van der Waals surface area contributed by atoms with Crippen molar-refractivity contribution in [1.29, 1.82) is 0 Å². The Morgan fingerprint density at radius 3 is 1.90 bits per heavy atom. The number of nitrogens with one attached hydrogen (secondary N) is 1. The van der Waals surface area contributed by atoms with Crippen LogP contribution < -0.4 is 11.1 Å². The number of nitrogens with two attached hydrogens (primary N) is 1. The number of halogens is 6. The van der Waals surface area contributed by atoms with Crippen LogP contribution in [0.5, 0.6) is 0 Å². The number of primary amides is 1. The van der Waals surface area contributed by atoms with Crippen LogP contribution in [0.15, 0.2) is 48.5 Å². The Hall–Kier alpha value is -3.04. The molecular formula is C20H18F6N2O2. The molecule has 162 valence electrons. The largest absolute Gasteiger partial charge is 0.416 e. The van der Waals surface area contributed by atoms with Gasteiger partial charge in [0, 0.05) is 5.56 Å². The van der Waals surface area contributed by atoms with Crippen molar-refractivity contribution in [1.82, 2.24) is 5.32 Å². The predicted octanol–water partition coefficient (Wildman–Crippen LogP) is 4.33. The molecule has 10 heteroatoms. The van der Waals surface area contributed by atoms with Crippen molar-refractivity contribution in [2.45, 2.75) is 37.7 Å². The summed E-state index contributed by atoms with van der Waals surface area (Å²) in [6, 6.07) is 8.41. The molecule has 3 N–H and O–H groups in total. The monoisotopic (exact) mass is 432 g/mol. The Kier molecular flexibility index (Phi) is 7.12. The summed E-state index contributed by atoms with van der Waals surface area (Å²) in [4.78, 5) is 23.9. The van der Waals surface area contributed by atoms with Crippen LogP contribution in [0.1, 0.15) is 39.9 Å². The number of alkyl halides is 6. The molecular weight excluding hydrogens is 414 g/mol. The second-order valence-electron chi connectivity index (χ2n) is 6.60. The van der Waals surface area contributed by atoms with Crippen molar-refractivity contribution in [2.24, 2.45) is 5.73 Å². The SMILES string of the molecule is NC(=O)[C@@H](CCCc1ccccc1)NC(=O)c1cc(C(F)(F)F)cc(C(F)(F)F)c1. The van der Waals surface area contributed by atoms with E-state index in [1.165, 1.54) is 0 Å². The van der Waals surface area contributed by atoms with E-state index in [0.717, 1.165) is 5.56 Å². The number of aryl methyl sites for hydroxylation is 1. The van der Waals surface area contributed by atoms with E-state index < -0.39 is 46.9 Å².